The summed E-state index contributed by atoms with van der Waals surface area (Å²) in [5.41, 5.74) is 2.32. The molecule has 0 aromatic heterocycles. The summed E-state index contributed by atoms with van der Waals surface area (Å²) in [5, 5.41) is 12.7. The lowest BCUT2D eigenvalue weighted by Gasteiger charge is -2.30. The molecule has 1 atom stereocenters. The van der Waals surface area contributed by atoms with E-state index in [0.29, 0.717) is 5.71 Å². The van der Waals surface area contributed by atoms with Gasteiger partial charge < -0.3 is 9.94 Å². The van der Waals surface area contributed by atoms with E-state index >= 15 is 0 Å². The fourth-order valence-corrected chi connectivity index (χ4v) is 2.38. The van der Waals surface area contributed by atoms with Gasteiger partial charge in [-0.2, -0.15) is 0 Å². The van der Waals surface area contributed by atoms with Gasteiger partial charge >= 0.3 is 0 Å². The largest absolute Gasteiger partial charge is 0.497 e. The molecule has 0 heterocycles. The van der Waals surface area contributed by atoms with Crippen LogP contribution in [0.15, 0.2) is 59.8 Å². The van der Waals surface area contributed by atoms with E-state index in [2.05, 4.69) is 12.1 Å². The van der Waals surface area contributed by atoms with E-state index in [4.69, 9.17) is 4.74 Å². The molecule has 0 amide bonds. The van der Waals surface area contributed by atoms with Gasteiger partial charge in [0, 0.05) is 0 Å². The van der Waals surface area contributed by atoms with Gasteiger partial charge in [-0.05, 0) is 37.1 Å². The number of methoxy groups -OCH3 is 1. The Bertz CT molecular complexity index is 590. The van der Waals surface area contributed by atoms with Crippen LogP contribution in [0.1, 0.15) is 25.0 Å². The first-order valence-corrected chi connectivity index (χ1v) is 6.52. The summed E-state index contributed by atoms with van der Waals surface area (Å²) in [6.07, 6.45) is 0. The zero-order valence-electron chi connectivity index (χ0n) is 12.0. The third-order valence-corrected chi connectivity index (χ3v) is 3.89. The number of hydrogen-bond donors (Lipinski definition) is 1. The molecule has 2 aromatic rings. The van der Waals surface area contributed by atoms with Crippen LogP contribution in [0.2, 0.25) is 0 Å². The molecule has 3 heteroatoms. The summed E-state index contributed by atoms with van der Waals surface area (Å²) >= 11 is 0. The summed E-state index contributed by atoms with van der Waals surface area (Å²) < 4.78 is 5.19. The predicted molar refractivity (Wildman–Crippen MR) is 80.8 cm³/mol. The van der Waals surface area contributed by atoms with Crippen LogP contribution in [-0.2, 0) is 5.41 Å². The minimum atomic E-state index is -0.470. The van der Waals surface area contributed by atoms with Crippen LogP contribution in [0.25, 0.3) is 0 Å². The molecule has 104 valence electrons. The number of hydrogen-bond acceptors (Lipinski definition) is 3. The first-order valence-electron chi connectivity index (χ1n) is 6.52. The second-order valence-electron chi connectivity index (χ2n) is 4.90. The minimum absolute atomic E-state index is 0.470. The minimum Gasteiger partial charge on any atom is -0.497 e. The highest BCUT2D eigenvalue weighted by molar-refractivity contribution is 5.95. The van der Waals surface area contributed by atoms with Crippen molar-refractivity contribution in [1.29, 1.82) is 0 Å². The van der Waals surface area contributed by atoms with Crippen LogP contribution in [0.3, 0.4) is 0 Å². The quantitative estimate of drug-likeness (QED) is 0.520. The molecule has 3 nitrogen and oxygen atoms in total. The van der Waals surface area contributed by atoms with E-state index in [1.807, 2.05) is 61.5 Å². The van der Waals surface area contributed by atoms with Crippen LogP contribution in [0.4, 0.5) is 0 Å². The first kappa shape index (κ1) is 14.1. The summed E-state index contributed by atoms with van der Waals surface area (Å²) in [7, 11) is 1.64. The molecule has 2 rings (SSSR count). The van der Waals surface area contributed by atoms with Crippen LogP contribution in [0, 0.1) is 0 Å². The van der Waals surface area contributed by atoms with Crippen molar-refractivity contribution < 1.29 is 9.94 Å². The molecule has 20 heavy (non-hydrogen) atoms. The maximum Gasteiger partial charge on any atom is 0.118 e. The van der Waals surface area contributed by atoms with Gasteiger partial charge in [0.1, 0.15) is 5.75 Å². The molecule has 0 bridgehead atoms. The first-order chi connectivity index (χ1) is 9.62. The molecule has 0 spiro atoms. The second-order valence-corrected chi connectivity index (χ2v) is 4.90. The number of nitrogens with zero attached hydrogens (tertiary/aromatic N) is 1. The topological polar surface area (TPSA) is 41.8 Å². The Morgan fingerprint density at radius 1 is 1.00 bits per heavy atom. The summed E-state index contributed by atoms with van der Waals surface area (Å²) in [5.74, 6) is 0.808. The maximum absolute atomic E-state index is 9.26. The molecule has 0 saturated heterocycles. The molecule has 0 aliphatic rings. The Morgan fingerprint density at radius 3 is 2.05 bits per heavy atom. The van der Waals surface area contributed by atoms with Gasteiger partial charge in [0.2, 0.25) is 0 Å². The van der Waals surface area contributed by atoms with Crippen LogP contribution >= 0.6 is 0 Å². The predicted octanol–water partition coefficient (Wildman–Crippen LogP) is 3.85. The molecular weight excluding hydrogens is 250 g/mol. The summed E-state index contributed by atoms with van der Waals surface area (Å²) in [6, 6.07) is 17.9. The third kappa shape index (κ3) is 2.39. The number of benzene rings is 2. The van der Waals surface area contributed by atoms with Gasteiger partial charge in [-0.15, -0.1) is 0 Å². The van der Waals surface area contributed by atoms with Crippen LogP contribution in [0.5, 0.6) is 5.75 Å². The van der Waals surface area contributed by atoms with E-state index < -0.39 is 5.41 Å². The van der Waals surface area contributed by atoms with E-state index in [0.717, 1.165) is 16.9 Å². The van der Waals surface area contributed by atoms with Crippen LogP contribution < -0.4 is 4.74 Å². The van der Waals surface area contributed by atoms with Crippen molar-refractivity contribution in [1.82, 2.24) is 0 Å². The number of ether oxygens (including phenoxy) is 1. The average molecular weight is 269 g/mol. The van der Waals surface area contributed by atoms with Crippen molar-refractivity contribution >= 4 is 5.71 Å². The molecule has 0 radical (unpaired) electrons. The highest BCUT2D eigenvalue weighted by atomic mass is 16.5. The van der Waals surface area contributed by atoms with Crippen molar-refractivity contribution in [2.24, 2.45) is 5.16 Å². The molecule has 1 N–H and O–H groups in total. The van der Waals surface area contributed by atoms with Crippen LogP contribution in [-0.4, -0.2) is 18.0 Å². The van der Waals surface area contributed by atoms with Gasteiger partial charge in [0.25, 0.3) is 0 Å². The molecular formula is C17H19NO2. The van der Waals surface area contributed by atoms with E-state index in [1.165, 1.54) is 0 Å². The second kappa shape index (κ2) is 5.78. The van der Waals surface area contributed by atoms with Crippen molar-refractivity contribution in [2.45, 2.75) is 19.3 Å². The summed E-state index contributed by atoms with van der Waals surface area (Å²) in [6.45, 7) is 3.89. The van der Waals surface area contributed by atoms with Gasteiger partial charge in [0.15, 0.2) is 0 Å². The molecule has 2 aromatic carbocycles. The van der Waals surface area contributed by atoms with Crippen molar-refractivity contribution in [3.8, 4) is 5.75 Å². The normalized spacial score (nSPS) is 14.7. The Kier molecular flexibility index (Phi) is 4.08. The van der Waals surface area contributed by atoms with Gasteiger partial charge in [-0.3, -0.25) is 0 Å². The van der Waals surface area contributed by atoms with E-state index in [1.54, 1.807) is 7.11 Å². The fraction of sp³-hybridized carbons (Fsp3) is 0.235. The molecule has 0 fully saturated rings. The van der Waals surface area contributed by atoms with Gasteiger partial charge in [-0.1, -0.05) is 47.6 Å². The van der Waals surface area contributed by atoms with Crippen molar-refractivity contribution in [3.63, 3.8) is 0 Å². The molecule has 1 unspecified atom stereocenters. The van der Waals surface area contributed by atoms with E-state index in [-0.39, 0.29) is 0 Å². The summed E-state index contributed by atoms with van der Waals surface area (Å²) in [4.78, 5) is 0. The van der Waals surface area contributed by atoms with Gasteiger partial charge in [-0.25, -0.2) is 0 Å². The van der Waals surface area contributed by atoms with Gasteiger partial charge in [0.05, 0.1) is 18.2 Å². The lowest BCUT2D eigenvalue weighted by atomic mass is 9.73. The standard InChI is InChI=1S/C17H19NO2/c1-13(18-19)17(2,14-7-5-4-6-8-14)15-9-11-16(20-3)12-10-15/h4-12,19H,1-3H3/b18-13+. The fourth-order valence-electron chi connectivity index (χ4n) is 2.38. The number of rotatable bonds is 4. The maximum atomic E-state index is 9.26. The smallest absolute Gasteiger partial charge is 0.118 e. The molecule has 0 aliphatic carbocycles. The third-order valence-electron chi connectivity index (χ3n) is 3.89. The zero-order valence-corrected chi connectivity index (χ0v) is 12.0. The Hall–Kier alpha value is -2.29. The highest BCUT2D eigenvalue weighted by Crippen LogP contribution is 2.34. The monoisotopic (exact) mass is 269 g/mol. The Morgan fingerprint density at radius 2 is 1.55 bits per heavy atom. The average Bonchev–Trinajstić information content (AvgIpc) is 2.54. The highest BCUT2D eigenvalue weighted by Gasteiger charge is 2.32. The lowest BCUT2D eigenvalue weighted by Crippen LogP contribution is -2.32. The van der Waals surface area contributed by atoms with Crippen molar-refractivity contribution in [3.05, 3.63) is 65.7 Å². The molecule has 0 saturated carbocycles. The SMILES string of the molecule is COc1ccc(C(C)(/C(C)=N/O)c2ccccc2)cc1. The lowest BCUT2D eigenvalue weighted by molar-refractivity contribution is 0.314. The molecule has 0 aliphatic heterocycles. The van der Waals surface area contributed by atoms with E-state index in [9.17, 15) is 5.21 Å². The zero-order chi connectivity index (χ0) is 14.6. The number of oxime groups is 1. The van der Waals surface area contributed by atoms with Crippen molar-refractivity contribution in [2.75, 3.05) is 7.11 Å². The Balaban J connectivity index is 2.58. The Labute approximate surface area is 119 Å².